The Hall–Kier alpha value is -2.27. The van der Waals surface area contributed by atoms with Gasteiger partial charge < -0.3 is 10.5 Å². The molecular weight excluding hydrogens is 280 g/mol. The van der Waals surface area contributed by atoms with E-state index < -0.39 is 4.92 Å². The molecule has 0 saturated heterocycles. The lowest BCUT2D eigenvalue weighted by Crippen LogP contribution is -1.97. The predicted molar refractivity (Wildman–Crippen MR) is 78.5 cm³/mol. The van der Waals surface area contributed by atoms with Crippen LogP contribution in [0.4, 0.5) is 11.4 Å². The van der Waals surface area contributed by atoms with E-state index >= 15 is 0 Å². The molecule has 2 aromatic rings. The lowest BCUT2D eigenvalue weighted by molar-refractivity contribution is -0.383. The molecule has 0 spiro atoms. The van der Waals surface area contributed by atoms with Gasteiger partial charge in [0.2, 0.25) is 0 Å². The summed E-state index contributed by atoms with van der Waals surface area (Å²) in [7, 11) is 0. The number of nitro benzene ring substituents is 1. The number of rotatable bonds is 3. The molecule has 0 amide bonds. The molecule has 104 valence electrons. The molecule has 0 radical (unpaired) electrons. The van der Waals surface area contributed by atoms with E-state index in [1.54, 1.807) is 12.1 Å². The van der Waals surface area contributed by atoms with Gasteiger partial charge in [-0.15, -0.1) is 0 Å². The third-order valence-corrected chi connectivity index (χ3v) is 3.06. The Morgan fingerprint density at radius 2 is 1.80 bits per heavy atom. The van der Waals surface area contributed by atoms with E-state index in [1.807, 2.05) is 13.8 Å². The van der Waals surface area contributed by atoms with Gasteiger partial charge in [-0.2, -0.15) is 0 Å². The molecule has 0 bridgehead atoms. The van der Waals surface area contributed by atoms with Crippen LogP contribution in [0.3, 0.4) is 0 Å². The van der Waals surface area contributed by atoms with Gasteiger partial charge in [-0.25, -0.2) is 0 Å². The predicted octanol–water partition coefficient (Wildman–Crippen LogP) is 4.24. The average molecular weight is 293 g/mol. The second-order valence-corrected chi connectivity index (χ2v) is 4.88. The van der Waals surface area contributed by atoms with Crippen molar-refractivity contribution in [1.82, 2.24) is 0 Å². The number of aryl methyl sites for hydroxylation is 2. The van der Waals surface area contributed by atoms with E-state index in [-0.39, 0.29) is 11.4 Å². The van der Waals surface area contributed by atoms with Gasteiger partial charge in [0.25, 0.3) is 5.69 Å². The number of nitrogen functional groups attached to an aromatic ring is 1. The Morgan fingerprint density at radius 1 is 1.20 bits per heavy atom. The van der Waals surface area contributed by atoms with Crippen LogP contribution in [0.1, 0.15) is 11.1 Å². The quantitative estimate of drug-likeness (QED) is 0.521. The van der Waals surface area contributed by atoms with Crippen LogP contribution < -0.4 is 10.5 Å². The smallest absolute Gasteiger partial charge is 0.292 e. The first-order chi connectivity index (χ1) is 9.38. The number of hydrogen-bond acceptors (Lipinski definition) is 4. The lowest BCUT2D eigenvalue weighted by atomic mass is 10.1. The highest BCUT2D eigenvalue weighted by atomic mass is 35.5. The summed E-state index contributed by atoms with van der Waals surface area (Å²) in [5.74, 6) is 1.12. The summed E-state index contributed by atoms with van der Waals surface area (Å²) in [5, 5.41) is 11.3. The maximum atomic E-state index is 10.7. The zero-order chi connectivity index (χ0) is 14.9. The summed E-state index contributed by atoms with van der Waals surface area (Å²) >= 11 is 5.96. The summed E-state index contributed by atoms with van der Waals surface area (Å²) in [4.78, 5) is 10.2. The summed E-state index contributed by atoms with van der Waals surface area (Å²) in [6.45, 7) is 3.76. The van der Waals surface area contributed by atoms with Crippen molar-refractivity contribution in [2.24, 2.45) is 0 Å². The van der Waals surface area contributed by atoms with Gasteiger partial charge in [-0.05, 0) is 43.2 Å². The number of benzene rings is 2. The molecular formula is C14H13ClN2O3. The number of halogens is 1. The third kappa shape index (κ3) is 2.83. The standard InChI is InChI=1S/C14H13ClN2O3/c1-8-5-10(15)6-9(2)14(8)20-11-3-4-13(17(18)19)12(16)7-11/h3-7H,16H2,1-2H3. The average Bonchev–Trinajstić information content (AvgIpc) is 2.33. The number of nitro groups is 1. The molecule has 0 aliphatic rings. The highest BCUT2D eigenvalue weighted by molar-refractivity contribution is 6.30. The number of nitrogens with zero attached hydrogens (tertiary/aromatic N) is 1. The minimum absolute atomic E-state index is 0.0665. The fourth-order valence-electron chi connectivity index (χ4n) is 1.94. The second kappa shape index (κ2) is 5.38. The van der Waals surface area contributed by atoms with Gasteiger partial charge in [0.15, 0.2) is 0 Å². The van der Waals surface area contributed by atoms with Crippen molar-refractivity contribution in [3.05, 3.63) is 56.6 Å². The lowest BCUT2D eigenvalue weighted by Gasteiger charge is -2.12. The zero-order valence-corrected chi connectivity index (χ0v) is 11.8. The molecule has 20 heavy (non-hydrogen) atoms. The van der Waals surface area contributed by atoms with Crippen LogP contribution in [-0.2, 0) is 0 Å². The van der Waals surface area contributed by atoms with Crippen LogP contribution in [0.2, 0.25) is 5.02 Å². The maximum absolute atomic E-state index is 10.7. The summed E-state index contributed by atoms with van der Waals surface area (Å²) in [5.41, 5.74) is 7.33. The maximum Gasteiger partial charge on any atom is 0.292 e. The second-order valence-electron chi connectivity index (χ2n) is 4.45. The van der Waals surface area contributed by atoms with E-state index in [4.69, 9.17) is 22.1 Å². The summed E-state index contributed by atoms with van der Waals surface area (Å²) < 4.78 is 5.75. The Balaban J connectivity index is 2.36. The third-order valence-electron chi connectivity index (χ3n) is 2.84. The Bertz CT molecular complexity index is 663. The molecule has 5 nitrogen and oxygen atoms in total. The van der Waals surface area contributed by atoms with Gasteiger partial charge in [-0.3, -0.25) is 10.1 Å². The van der Waals surface area contributed by atoms with Crippen LogP contribution in [-0.4, -0.2) is 4.92 Å². The van der Waals surface area contributed by atoms with E-state index in [1.165, 1.54) is 18.2 Å². The van der Waals surface area contributed by atoms with Crippen LogP contribution >= 0.6 is 11.6 Å². The molecule has 2 aromatic carbocycles. The van der Waals surface area contributed by atoms with E-state index in [2.05, 4.69) is 0 Å². The zero-order valence-electron chi connectivity index (χ0n) is 11.0. The van der Waals surface area contributed by atoms with Crippen molar-refractivity contribution in [3.63, 3.8) is 0 Å². The summed E-state index contributed by atoms with van der Waals surface area (Å²) in [6, 6.07) is 7.86. The van der Waals surface area contributed by atoms with E-state index in [0.717, 1.165) is 11.1 Å². The van der Waals surface area contributed by atoms with Gasteiger partial charge in [0.05, 0.1) is 4.92 Å². The molecule has 0 heterocycles. The molecule has 2 N–H and O–H groups in total. The Labute approximate surface area is 121 Å². The number of hydrogen-bond donors (Lipinski definition) is 1. The molecule has 6 heteroatoms. The first-order valence-corrected chi connectivity index (χ1v) is 6.25. The topological polar surface area (TPSA) is 78.4 Å². The molecule has 0 saturated carbocycles. The fraction of sp³-hybridized carbons (Fsp3) is 0.143. The molecule has 0 fully saturated rings. The van der Waals surface area contributed by atoms with E-state index in [0.29, 0.717) is 16.5 Å². The van der Waals surface area contributed by atoms with E-state index in [9.17, 15) is 10.1 Å². The largest absolute Gasteiger partial charge is 0.457 e. The minimum Gasteiger partial charge on any atom is -0.457 e. The molecule has 0 aromatic heterocycles. The Morgan fingerprint density at radius 3 is 2.30 bits per heavy atom. The normalized spacial score (nSPS) is 10.3. The number of anilines is 1. The van der Waals surface area contributed by atoms with Gasteiger partial charge in [0, 0.05) is 17.2 Å². The molecule has 0 atom stereocenters. The molecule has 2 rings (SSSR count). The van der Waals surface area contributed by atoms with Gasteiger partial charge in [0.1, 0.15) is 17.2 Å². The van der Waals surface area contributed by atoms with Crippen molar-refractivity contribution >= 4 is 23.0 Å². The van der Waals surface area contributed by atoms with Crippen molar-refractivity contribution in [2.75, 3.05) is 5.73 Å². The first-order valence-electron chi connectivity index (χ1n) is 5.87. The number of nitrogens with two attached hydrogens (primary N) is 1. The van der Waals surface area contributed by atoms with Gasteiger partial charge >= 0.3 is 0 Å². The van der Waals surface area contributed by atoms with Crippen molar-refractivity contribution in [3.8, 4) is 11.5 Å². The van der Waals surface area contributed by atoms with Gasteiger partial charge in [-0.1, -0.05) is 11.6 Å². The van der Waals surface area contributed by atoms with Crippen LogP contribution in [0, 0.1) is 24.0 Å². The highest BCUT2D eigenvalue weighted by Crippen LogP contribution is 2.33. The molecule has 0 aliphatic carbocycles. The van der Waals surface area contributed by atoms with Crippen molar-refractivity contribution in [2.45, 2.75) is 13.8 Å². The Kier molecular flexibility index (Phi) is 3.81. The fourth-order valence-corrected chi connectivity index (χ4v) is 2.27. The monoisotopic (exact) mass is 292 g/mol. The van der Waals surface area contributed by atoms with Crippen molar-refractivity contribution in [1.29, 1.82) is 0 Å². The summed E-state index contributed by atoms with van der Waals surface area (Å²) in [6.07, 6.45) is 0. The number of ether oxygens (including phenoxy) is 1. The first kappa shape index (κ1) is 14.1. The highest BCUT2D eigenvalue weighted by Gasteiger charge is 2.13. The van der Waals surface area contributed by atoms with Crippen LogP contribution in [0.5, 0.6) is 11.5 Å². The van der Waals surface area contributed by atoms with Crippen LogP contribution in [0.25, 0.3) is 0 Å². The molecule has 0 unspecified atom stereocenters. The van der Waals surface area contributed by atoms with Crippen molar-refractivity contribution < 1.29 is 9.66 Å². The SMILES string of the molecule is Cc1cc(Cl)cc(C)c1Oc1ccc([N+](=O)[O-])c(N)c1. The molecule has 0 aliphatic heterocycles. The van der Waals surface area contributed by atoms with Crippen LogP contribution in [0.15, 0.2) is 30.3 Å². The minimum atomic E-state index is -0.530.